The molecule has 0 aliphatic heterocycles. The molecule has 0 bridgehead atoms. The Morgan fingerprint density at radius 1 is 1.58 bits per heavy atom. The van der Waals surface area contributed by atoms with Crippen molar-refractivity contribution < 1.29 is 8.78 Å². The smallest absolute Gasteiger partial charge is 0.271 e. The van der Waals surface area contributed by atoms with Crippen LogP contribution in [0.25, 0.3) is 0 Å². The van der Waals surface area contributed by atoms with E-state index >= 15 is 0 Å². The van der Waals surface area contributed by atoms with Crippen molar-refractivity contribution in [3.8, 4) is 0 Å². The molecule has 12 heavy (non-hydrogen) atoms. The third-order valence-electron chi connectivity index (χ3n) is 1.29. The molecular formula is C6H5BrF2N2O. The Morgan fingerprint density at radius 2 is 2.17 bits per heavy atom. The van der Waals surface area contributed by atoms with Crippen molar-refractivity contribution in [1.82, 2.24) is 4.98 Å². The molecule has 0 amide bonds. The van der Waals surface area contributed by atoms with Gasteiger partial charge in [0.25, 0.3) is 12.0 Å². The number of H-pyrrole nitrogens is 1. The summed E-state index contributed by atoms with van der Waals surface area (Å²) in [5.41, 5.74) is 4.02. The molecule has 0 atom stereocenters. The molecule has 0 saturated carbocycles. The molecule has 6 heteroatoms. The van der Waals surface area contributed by atoms with Gasteiger partial charge in [-0.1, -0.05) is 0 Å². The van der Waals surface area contributed by atoms with E-state index in [4.69, 9.17) is 5.73 Å². The van der Waals surface area contributed by atoms with Crippen LogP contribution in [-0.2, 0) is 0 Å². The number of nitrogen functional groups attached to an aromatic ring is 1. The van der Waals surface area contributed by atoms with Crippen molar-refractivity contribution in [3.63, 3.8) is 0 Å². The number of pyridine rings is 1. The Hall–Kier alpha value is -0.910. The van der Waals surface area contributed by atoms with Crippen LogP contribution in [0.1, 0.15) is 12.0 Å². The minimum atomic E-state index is -2.65. The number of nitrogens with one attached hydrogen (secondary N) is 1. The summed E-state index contributed by atoms with van der Waals surface area (Å²) in [6, 6.07) is 0.952. The van der Waals surface area contributed by atoms with Gasteiger partial charge in [-0.25, -0.2) is 8.78 Å². The average Bonchev–Trinajstić information content (AvgIpc) is 1.96. The van der Waals surface area contributed by atoms with Crippen LogP contribution in [0.2, 0.25) is 0 Å². The van der Waals surface area contributed by atoms with Crippen molar-refractivity contribution in [2.45, 2.75) is 6.43 Å². The lowest BCUT2D eigenvalue weighted by Gasteiger charge is -2.02. The third kappa shape index (κ3) is 1.63. The zero-order valence-corrected chi connectivity index (χ0v) is 7.36. The summed E-state index contributed by atoms with van der Waals surface area (Å²) in [7, 11) is 0. The molecule has 66 valence electrons. The number of hydrogen-bond donors (Lipinski definition) is 2. The van der Waals surface area contributed by atoms with Gasteiger partial charge in [-0.3, -0.25) is 4.79 Å². The number of aromatic nitrogens is 1. The van der Waals surface area contributed by atoms with Gasteiger partial charge in [0, 0.05) is 0 Å². The SMILES string of the molecule is Nc1cc(C(F)F)c(Br)[nH]c1=O. The Balaban J connectivity index is 3.33. The van der Waals surface area contributed by atoms with Gasteiger partial charge in [-0.15, -0.1) is 0 Å². The third-order valence-corrected chi connectivity index (χ3v) is 1.94. The van der Waals surface area contributed by atoms with Crippen LogP contribution in [0.3, 0.4) is 0 Å². The van der Waals surface area contributed by atoms with Crippen molar-refractivity contribution in [2.75, 3.05) is 5.73 Å². The zero-order chi connectivity index (χ0) is 9.30. The van der Waals surface area contributed by atoms with E-state index in [1.807, 2.05) is 0 Å². The summed E-state index contributed by atoms with van der Waals surface area (Å²) < 4.78 is 24.2. The molecule has 1 rings (SSSR count). The first-order chi connectivity index (χ1) is 5.52. The highest BCUT2D eigenvalue weighted by Gasteiger charge is 2.13. The maximum absolute atomic E-state index is 12.1. The van der Waals surface area contributed by atoms with Gasteiger partial charge in [0.2, 0.25) is 0 Å². The molecule has 0 fully saturated rings. The number of halogens is 3. The predicted octanol–water partition coefficient (Wildman–Crippen LogP) is 1.66. The van der Waals surface area contributed by atoms with E-state index in [1.54, 1.807) is 0 Å². The van der Waals surface area contributed by atoms with E-state index < -0.39 is 12.0 Å². The molecule has 1 heterocycles. The molecule has 0 aromatic carbocycles. The molecule has 0 aliphatic carbocycles. The van der Waals surface area contributed by atoms with Gasteiger partial charge >= 0.3 is 0 Å². The van der Waals surface area contributed by atoms with E-state index in [1.165, 1.54) is 0 Å². The van der Waals surface area contributed by atoms with Crippen LogP contribution in [0.15, 0.2) is 15.5 Å². The highest BCUT2D eigenvalue weighted by molar-refractivity contribution is 9.10. The largest absolute Gasteiger partial charge is 0.394 e. The molecule has 0 saturated heterocycles. The van der Waals surface area contributed by atoms with Crippen LogP contribution >= 0.6 is 15.9 Å². The fourth-order valence-electron chi connectivity index (χ4n) is 0.699. The molecular weight excluding hydrogens is 234 g/mol. The molecule has 0 radical (unpaired) electrons. The summed E-state index contributed by atoms with van der Waals surface area (Å²) in [6.45, 7) is 0. The summed E-state index contributed by atoms with van der Waals surface area (Å²) >= 11 is 2.79. The molecule has 0 spiro atoms. The topological polar surface area (TPSA) is 58.9 Å². The van der Waals surface area contributed by atoms with Crippen molar-refractivity contribution in [1.29, 1.82) is 0 Å². The van der Waals surface area contributed by atoms with Gasteiger partial charge in [0.15, 0.2) is 0 Å². The predicted molar refractivity (Wildman–Crippen MR) is 44.1 cm³/mol. The van der Waals surface area contributed by atoms with Crippen molar-refractivity contribution in [2.24, 2.45) is 0 Å². The second kappa shape index (κ2) is 3.22. The number of rotatable bonds is 1. The number of nitrogens with two attached hydrogens (primary N) is 1. The number of anilines is 1. The van der Waals surface area contributed by atoms with Crippen molar-refractivity contribution >= 4 is 21.6 Å². The maximum Gasteiger partial charge on any atom is 0.271 e. The second-order valence-electron chi connectivity index (χ2n) is 2.12. The van der Waals surface area contributed by atoms with E-state index in [9.17, 15) is 13.6 Å². The fraction of sp³-hybridized carbons (Fsp3) is 0.167. The summed E-state index contributed by atoms with van der Waals surface area (Å²) in [5.74, 6) is 0. The van der Waals surface area contributed by atoms with Crippen LogP contribution < -0.4 is 11.3 Å². The van der Waals surface area contributed by atoms with Gasteiger partial charge in [-0.05, 0) is 22.0 Å². The maximum atomic E-state index is 12.1. The summed E-state index contributed by atoms with van der Waals surface area (Å²) in [5, 5.41) is 0. The Kier molecular flexibility index (Phi) is 2.46. The first-order valence-electron chi connectivity index (χ1n) is 2.98. The van der Waals surface area contributed by atoms with Crippen LogP contribution in [0.4, 0.5) is 14.5 Å². The minimum absolute atomic E-state index is 0.0308. The van der Waals surface area contributed by atoms with Gasteiger partial charge in [0.05, 0.1) is 15.9 Å². The second-order valence-corrected chi connectivity index (χ2v) is 2.92. The summed E-state index contributed by atoms with van der Waals surface area (Å²) in [4.78, 5) is 12.9. The molecule has 1 aromatic rings. The highest BCUT2D eigenvalue weighted by Crippen LogP contribution is 2.25. The highest BCUT2D eigenvalue weighted by atomic mass is 79.9. The van der Waals surface area contributed by atoms with Gasteiger partial charge in [0.1, 0.15) is 0 Å². The lowest BCUT2D eigenvalue weighted by atomic mass is 10.3. The first-order valence-corrected chi connectivity index (χ1v) is 3.78. The summed E-state index contributed by atoms with van der Waals surface area (Å²) in [6.07, 6.45) is -2.65. The lowest BCUT2D eigenvalue weighted by Crippen LogP contribution is -2.13. The molecule has 1 aromatic heterocycles. The van der Waals surface area contributed by atoms with E-state index in [0.717, 1.165) is 6.07 Å². The number of aromatic amines is 1. The molecule has 3 nitrogen and oxygen atoms in total. The lowest BCUT2D eigenvalue weighted by molar-refractivity contribution is 0.150. The Bertz CT molecular complexity index is 350. The fourth-order valence-corrected chi connectivity index (χ4v) is 1.17. The quantitative estimate of drug-likeness (QED) is 0.732. The standard InChI is InChI=1S/C6H5BrF2N2O/c7-4-2(5(8)9)1-3(10)6(12)11-4/h1,5H,10H2,(H,11,12). The molecule has 0 unspecified atom stereocenters. The van der Waals surface area contributed by atoms with Gasteiger partial charge < -0.3 is 10.7 Å². The Morgan fingerprint density at radius 3 is 2.67 bits per heavy atom. The van der Waals surface area contributed by atoms with E-state index in [-0.39, 0.29) is 15.9 Å². The monoisotopic (exact) mass is 238 g/mol. The van der Waals surface area contributed by atoms with Gasteiger partial charge in [-0.2, -0.15) is 0 Å². The van der Waals surface area contributed by atoms with Crippen LogP contribution in [-0.4, -0.2) is 4.98 Å². The zero-order valence-electron chi connectivity index (χ0n) is 5.77. The number of alkyl halides is 2. The van der Waals surface area contributed by atoms with Crippen LogP contribution in [0.5, 0.6) is 0 Å². The Labute approximate surface area is 74.7 Å². The van der Waals surface area contributed by atoms with Crippen molar-refractivity contribution in [3.05, 3.63) is 26.6 Å². The normalized spacial score (nSPS) is 10.7. The minimum Gasteiger partial charge on any atom is -0.394 e. The number of hydrogen-bond acceptors (Lipinski definition) is 2. The molecule has 3 N–H and O–H groups in total. The first kappa shape index (κ1) is 9.18. The molecule has 0 aliphatic rings. The van der Waals surface area contributed by atoms with Crippen LogP contribution in [0, 0.1) is 0 Å². The van der Waals surface area contributed by atoms with E-state index in [2.05, 4.69) is 20.9 Å². The average molecular weight is 239 g/mol. The van der Waals surface area contributed by atoms with E-state index in [0.29, 0.717) is 0 Å².